The SMILES string of the molecule is CC(C)(C)c1ccnc(-c2ccccn2)c1C(C)(C)C.[Ir]. The van der Waals surface area contributed by atoms with E-state index in [9.17, 15) is 0 Å². The second-order valence-corrected chi connectivity index (χ2v) is 7.30. The number of nitrogens with zero attached hydrogens (tertiary/aromatic N) is 2. The molecule has 0 aliphatic carbocycles. The van der Waals surface area contributed by atoms with Crippen LogP contribution in [0.1, 0.15) is 52.7 Å². The van der Waals surface area contributed by atoms with Gasteiger partial charge >= 0.3 is 0 Å². The van der Waals surface area contributed by atoms with E-state index in [1.165, 1.54) is 11.1 Å². The first kappa shape index (κ1) is 18.0. The van der Waals surface area contributed by atoms with Gasteiger partial charge in [0.2, 0.25) is 0 Å². The van der Waals surface area contributed by atoms with Crippen molar-refractivity contribution in [1.29, 1.82) is 0 Å². The standard InChI is InChI=1S/C18H24N2.Ir/c1-17(2,3)13-10-12-20-16(15(13)18(4,5)6)14-9-7-8-11-19-14;/h7-12H,1-6H3;. The molecule has 3 heteroatoms. The third-order valence-corrected chi connectivity index (χ3v) is 3.42. The third-order valence-electron chi connectivity index (χ3n) is 3.42. The first-order chi connectivity index (χ1) is 9.21. The van der Waals surface area contributed by atoms with Crippen molar-refractivity contribution >= 4 is 0 Å². The fourth-order valence-corrected chi connectivity index (χ4v) is 2.54. The second kappa shape index (κ2) is 6.37. The van der Waals surface area contributed by atoms with Crippen LogP contribution in [0.4, 0.5) is 0 Å². The van der Waals surface area contributed by atoms with E-state index in [2.05, 4.69) is 57.6 Å². The molecule has 0 saturated carbocycles. The summed E-state index contributed by atoms with van der Waals surface area (Å²) in [6.07, 6.45) is 3.73. The zero-order valence-electron chi connectivity index (χ0n) is 13.7. The maximum Gasteiger partial charge on any atom is 0.0926 e. The number of hydrogen-bond donors (Lipinski definition) is 0. The number of pyridine rings is 2. The average molecular weight is 461 g/mol. The molecule has 115 valence electrons. The van der Waals surface area contributed by atoms with Gasteiger partial charge in [-0.2, -0.15) is 0 Å². The predicted octanol–water partition coefficient (Wildman–Crippen LogP) is 4.74. The first-order valence-corrected chi connectivity index (χ1v) is 7.12. The van der Waals surface area contributed by atoms with Crippen LogP contribution < -0.4 is 0 Å². The van der Waals surface area contributed by atoms with Crippen molar-refractivity contribution in [3.8, 4) is 11.4 Å². The van der Waals surface area contributed by atoms with Crippen molar-refractivity contribution < 1.29 is 20.1 Å². The molecule has 0 atom stereocenters. The fraction of sp³-hybridized carbons (Fsp3) is 0.444. The summed E-state index contributed by atoms with van der Waals surface area (Å²) in [5.74, 6) is 0. The van der Waals surface area contributed by atoms with Crippen LogP contribution in [0.25, 0.3) is 11.4 Å². The summed E-state index contributed by atoms with van der Waals surface area (Å²) in [4.78, 5) is 9.11. The van der Waals surface area contributed by atoms with E-state index in [4.69, 9.17) is 0 Å². The quantitative estimate of drug-likeness (QED) is 0.615. The minimum absolute atomic E-state index is 0. The van der Waals surface area contributed by atoms with Gasteiger partial charge in [-0.3, -0.25) is 9.97 Å². The van der Waals surface area contributed by atoms with Crippen LogP contribution in [0.2, 0.25) is 0 Å². The Morgan fingerprint density at radius 2 is 1.43 bits per heavy atom. The van der Waals surface area contributed by atoms with Crippen molar-refractivity contribution in [1.82, 2.24) is 9.97 Å². The molecule has 0 bridgehead atoms. The van der Waals surface area contributed by atoms with Crippen molar-refractivity contribution in [3.05, 3.63) is 47.8 Å². The Kier molecular flexibility index (Phi) is 5.46. The van der Waals surface area contributed by atoms with E-state index < -0.39 is 0 Å². The van der Waals surface area contributed by atoms with Gasteiger partial charge in [-0.15, -0.1) is 0 Å². The minimum Gasteiger partial charge on any atom is -0.255 e. The summed E-state index contributed by atoms with van der Waals surface area (Å²) in [5, 5.41) is 0. The number of rotatable bonds is 1. The smallest absolute Gasteiger partial charge is 0.0926 e. The molecule has 0 amide bonds. The topological polar surface area (TPSA) is 25.8 Å². The zero-order valence-corrected chi connectivity index (χ0v) is 16.1. The Morgan fingerprint density at radius 1 is 0.762 bits per heavy atom. The molecular formula is C18H24IrN2. The molecule has 0 N–H and O–H groups in total. The Balaban J connectivity index is 0.00000220. The van der Waals surface area contributed by atoms with E-state index in [0.717, 1.165) is 11.4 Å². The molecule has 21 heavy (non-hydrogen) atoms. The van der Waals surface area contributed by atoms with Gasteiger partial charge in [0.1, 0.15) is 0 Å². The van der Waals surface area contributed by atoms with Crippen molar-refractivity contribution in [3.63, 3.8) is 0 Å². The van der Waals surface area contributed by atoms with Crippen molar-refractivity contribution in [2.75, 3.05) is 0 Å². The van der Waals surface area contributed by atoms with Gasteiger partial charge in [0.25, 0.3) is 0 Å². The normalized spacial score (nSPS) is 11.9. The summed E-state index contributed by atoms with van der Waals surface area (Å²) in [6.45, 7) is 13.5. The molecular weight excluding hydrogens is 436 g/mol. The maximum atomic E-state index is 4.63. The van der Waals surface area contributed by atoms with Gasteiger partial charge in [-0.25, -0.2) is 0 Å². The Bertz CT molecular complexity index is 593. The minimum atomic E-state index is 0. The molecule has 0 aliphatic heterocycles. The molecule has 0 saturated heterocycles. The van der Waals surface area contributed by atoms with E-state index in [0.29, 0.717) is 0 Å². The molecule has 0 spiro atoms. The molecule has 0 aromatic carbocycles. The summed E-state index contributed by atoms with van der Waals surface area (Å²) >= 11 is 0. The van der Waals surface area contributed by atoms with Crippen LogP contribution >= 0.6 is 0 Å². The maximum absolute atomic E-state index is 4.63. The molecule has 0 fully saturated rings. The number of aromatic nitrogens is 2. The molecule has 1 radical (unpaired) electrons. The molecule has 0 unspecified atom stereocenters. The van der Waals surface area contributed by atoms with Crippen LogP contribution in [0.5, 0.6) is 0 Å². The monoisotopic (exact) mass is 461 g/mol. The van der Waals surface area contributed by atoms with Gasteiger partial charge in [0.05, 0.1) is 11.4 Å². The molecule has 2 aromatic rings. The zero-order chi connectivity index (χ0) is 15.0. The summed E-state index contributed by atoms with van der Waals surface area (Å²) in [7, 11) is 0. The largest absolute Gasteiger partial charge is 0.255 e. The van der Waals surface area contributed by atoms with Gasteiger partial charge in [-0.1, -0.05) is 47.6 Å². The predicted molar refractivity (Wildman–Crippen MR) is 84.9 cm³/mol. The molecule has 2 nitrogen and oxygen atoms in total. The van der Waals surface area contributed by atoms with Gasteiger partial charge < -0.3 is 0 Å². The molecule has 0 aliphatic rings. The van der Waals surface area contributed by atoms with E-state index >= 15 is 0 Å². The van der Waals surface area contributed by atoms with Gasteiger partial charge in [0.15, 0.2) is 0 Å². The average Bonchev–Trinajstić information content (AvgIpc) is 2.37. The number of hydrogen-bond acceptors (Lipinski definition) is 2. The van der Waals surface area contributed by atoms with E-state index in [1.807, 2.05) is 30.6 Å². The summed E-state index contributed by atoms with van der Waals surface area (Å²) in [6, 6.07) is 8.13. The molecule has 2 rings (SSSR count). The van der Waals surface area contributed by atoms with Crippen LogP contribution in [-0.2, 0) is 30.9 Å². The van der Waals surface area contributed by atoms with E-state index in [-0.39, 0.29) is 30.9 Å². The first-order valence-electron chi connectivity index (χ1n) is 7.12. The second-order valence-electron chi connectivity index (χ2n) is 7.30. The van der Waals surface area contributed by atoms with E-state index in [1.54, 1.807) is 0 Å². The van der Waals surface area contributed by atoms with Crippen LogP contribution in [0.15, 0.2) is 36.7 Å². The van der Waals surface area contributed by atoms with Crippen LogP contribution in [0, 0.1) is 0 Å². The fourth-order valence-electron chi connectivity index (χ4n) is 2.54. The van der Waals surface area contributed by atoms with Crippen molar-refractivity contribution in [2.45, 2.75) is 52.4 Å². The Morgan fingerprint density at radius 3 is 1.90 bits per heavy atom. The Labute approximate surface area is 141 Å². The summed E-state index contributed by atoms with van der Waals surface area (Å²) in [5.41, 5.74) is 4.72. The van der Waals surface area contributed by atoms with Crippen LogP contribution in [-0.4, -0.2) is 9.97 Å². The van der Waals surface area contributed by atoms with Crippen molar-refractivity contribution in [2.24, 2.45) is 0 Å². The molecule has 2 heterocycles. The van der Waals surface area contributed by atoms with Crippen LogP contribution in [0.3, 0.4) is 0 Å². The third kappa shape index (κ3) is 3.99. The van der Waals surface area contributed by atoms with Gasteiger partial charge in [-0.05, 0) is 40.2 Å². The summed E-state index contributed by atoms with van der Waals surface area (Å²) < 4.78 is 0. The molecule has 2 aromatic heterocycles. The Hall–Kier alpha value is -1.05. The van der Waals surface area contributed by atoms with Gasteiger partial charge in [0, 0.05) is 32.5 Å².